The highest BCUT2D eigenvalue weighted by Gasteiger charge is 2.36. The topological polar surface area (TPSA) is 54.7 Å². The number of carboxylic acid groups (broad SMARTS) is 1. The van der Waals surface area contributed by atoms with Crippen molar-refractivity contribution in [3.05, 3.63) is 137 Å². The van der Waals surface area contributed by atoms with Crippen LogP contribution in [0.25, 0.3) is 10.9 Å². The maximum Gasteiger partial charge on any atom is 0.419 e. The van der Waals surface area contributed by atoms with Crippen LogP contribution in [0.5, 0.6) is 5.75 Å². The van der Waals surface area contributed by atoms with E-state index in [1.807, 2.05) is 48.5 Å². The molecule has 9 heteroatoms. The molecule has 1 aromatic heterocycles. The summed E-state index contributed by atoms with van der Waals surface area (Å²) in [4.78, 5) is 13.4. The number of alkyl halides is 3. The maximum absolute atomic E-state index is 14.1. The van der Waals surface area contributed by atoms with Gasteiger partial charge in [-0.1, -0.05) is 66.7 Å². The van der Waals surface area contributed by atoms with Gasteiger partial charge in [-0.25, -0.2) is 4.39 Å². The van der Waals surface area contributed by atoms with Gasteiger partial charge in [0, 0.05) is 43.7 Å². The first-order chi connectivity index (χ1) is 21.2. The van der Waals surface area contributed by atoms with Crippen LogP contribution in [-0.4, -0.2) is 33.7 Å². The van der Waals surface area contributed by atoms with E-state index in [-0.39, 0.29) is 31.7 Å². The molecular formula is C35H28F4N2O3. The smallest absolute Gasteiger partial charge is 0.419 e. The number of halogens is 4. The molecule has 44 heavy (non-hydrogen) atoms. The van der Waals surface area contributed by atoms with Crippen molar-refractivity contribution in [2.24, 2.45) is 0 Å². The van der Waals surface area contributed by atoms with Crippen LogP contribution in [0.1, 0.15) is 46.2 Å². The Morgan fingerprint density at radius 2 is 1.75 bits per heavy atom. The molecule has 0 fully saturated rings. The van der Waals surface area contributed by atoms with Gasteiger partial charge in [-0.05, 0) is 46.5 Å². The Hall–Kier alpha value is -4.81. The van der Waals surface area contributed by atoms with Gasteiger partial charge in [0.1, 0.15) is 23.6 Å². The van der Waals surface area contributed by atoms with Crippen molar-refractivity contribution in [2.45, 2.75) is 37.6 Å². The molecule has 5 aromatic rings. The average molecular weight is 601 g/mol. The standard InChI is InChI=1S/C35H28F4N2O3/c36-30-14-13-23(19-29(30)35(37,38)39)20-41-21-28(24-7-2-1-3-8-24)25-9-4-5-10-26(25)32(41)16-18-44-33-12-6-11-31-27(33)15-17-40(31)22-34(42)43/h1-5,7-10,12-15,17,19,28,32H,16,18,20-22H2,(H,42,43)/t28?,32-/m0/s1. The third-order valence-corrected chi connectivity index (χ3v) is 8.09. The number of hydrogen-bond acceptors (Lipinski definition) is 3. The van der Waals surface area contributed by atoms with E-state index < -0.39 is 23.5 Å². The summed E-state index contributed by atoms with van der Waals surface area (Å²) in [6.07, 6.45) is -2.62. The van der Waals surface area contributed by atoms with Gasteiger partial charge in [0.2, 0.25) is 0 Å². The average Bonchev–Trinajstić information content (AvgIpc) is 3.41. The molecule has 0 bridgehead atoms. The minimum absolute atomic E-state index is 0.0139. The number of rotatable bonds is 9. The molecule has 4 aromatic carbocycles. The van der Waals surface area contributed by atoms with Crippen LogP contribution in [0.2, 0.25) is 0 Å². The molecule has 224 valence electrons. The number of aliphatic carboxylic acids is 1. The zero-order valence-electron chi connectivity index (χ0n) is 23.5. The number of carboxylic acids is 1. The third-order valence-electron chi connectivity index (χ3n) is 8.09. The Bertz CT molecular complexity index is 1780. The highest BCUT2D eigenvalue weighted by Crippen LogP contribution is 2.42. The molecule has 1 unspecified atom stereocenters. The molecule has 0 radical (unpaired) electrons. The lowest BCUT2D eigenvalue weighted by atomic mass is 9.80. The number of benzene rings is 3. The molecule has 6 rings (SSSR count). The van der Waals surface area contributed by atoms with Crippen molar-refractivity contribution >= 4 is 16.9 Å². The molecule has 1 N–H and O–H groups in total. The molecule has 1 aliphatic rings. The van der Waals surface area contributed by atoms with Gasteiger partial charge in [0.05, 0.1) is 17.6 Å². The molecular weight excluding hydrogens is 572 g/mol. The zero-order valence-corrected chi connectivity index (χ0v) is 23.5. The van der Waals surface area contributed by atoms with Crippen LogP contribution in [0, 0.1) is 17.9 Å². The molecule has 0 amide bonds. The van der Waals surface area contributed by atoms with Crippen LogP contribution >= 0.6 is 0 Å². The van der Waals surface area contributed by atoms with E-state index in [4.69, 9.17) is 4.74 Å². The van der Waals surface area contributed by atoms with E-state index in [9.17, 15) is 27.5 Å². The number of nitrogens with zero attached hydrogens (tertiary/aromatic N) is 2. The van der Waals surface area contributed by atoms with E-state index in [2.05, 4.69) is 23.1 Å². The van der Waals surface area contributed by atoms with E-state index in [0.29, 0.717) is 35.2 Å². The zero-order chi connectivity index (χ0) is 30.8. The molecule has 1 aliphatic heterocycles. The van der Waals surface area contributed by atoms with Crippen LogP contribution in [0.4, 0.5) is 17.6 Å². The molecule has 2 atom stereocenters. The fourth-order valence-corrected chi connectivity index (χ4v) is 6.13. The second kappa shape index (κ2) is 12.1. The Morgan fingerprint density at radius 3 is 2.50 bits per heavy atom. The van der Waals surface area contributed by atoms with Gasteiger partial charge in [-0.15, -0.1) is 0 Å². The first-order valence-electron chi connectivity index (χ1n) is 14.2. The number of hydrogen-bond donors (Lipinski definition) is 1. The van der Waals surface area contributed by atoms with Crippen LogP contribution < -0.4 is 4.74 Å². The summed E-state index contributed by atoms with van der Waals surface area (Å²) in [7, 11) is 0. The fourth-order valence-electron chi connectivity index (χ4n) is 6.13. The quantitative estimate of drug-likeness (QED) is 0.177. The van der Waals surface area contributed by atoms with E-state index in [0.717, 1.165) is 28.8 Å². The SMILES string of the molecule is O=C(O)Cn1ccc2c(OCC[C@H]3c4ccccc4C(c4ccccc4)CN3Cc3ccc(F)c(C(F)(F)F)c3)cc#cc21. The Balaban J connectivity index is 1.31. The number of carbonyl (C=O) groups is 1. The molecule has 0 saturated heterocycles. The monoisotopic (exact) mass is 600 g/mol. The third kappa shape index (κ3) is 5.99. The van der Waals surface area contributed by atoms with Crippen molar-refractivity contribution in [3.63, 3.8) is 0 Å². The summed E-state index contributed by atoms with van der Waals surface area (Å²) in [6.45, 7) is 0.787. The predicted octanol–water partition coefficient (Wildman–Crippen LogP) is 7.64. The summed E-state index contributed by atoms with van der Waals surface area (Å²) in [5, 5.41) is 9.92. The largest absolute Gasteiger partial charge is 0.492 e. The van der Waals surface area contributed by atoms with Gasteiger partial charge in [0.15, 0.2) is 0 Å². The molecule has 5 nitrogen and oxygen atoms in total. The van der Waals surface area contributed by atoms with Gasteiger partial charge < -0.3 is 14.4 Å². The van der Waals surface area contributed by atoms with E-state index in [1.54, 1.807) is 22.9 Å². The molecule has 2 heterocycles. The normalized spacial score (nSPS) is 16.8. The summed E-state index contributed by atoms with van der Waals surface area (Å²) >= 11 is 0. The van der Waals surface area contributed by atoms with Gasteiger partial charge in [0.25, 0.3) is 0 Å². The lowest BCUT2D eigenvalue weighted by Gasteiger charge is -2.42. The fraction of sp³-hybridized carbons (Fsp3) is 0.229. The Kier molecular flexibility index (Phi) is 8.02. The first-order valence-corrected chi connectivity index (χ1v) is 14.2. The van der Waals surface area contributed by atoms with Crippen molar-refractivity contribution in [1.82, 2.24) is 9.47 Å². The highest BCUT2D eigenvalue weighted by molar-refractivity contribution is 5.86. The number of fused-ring (bicyclic) bond motifs is 2. The van der Waals surface area contributed by atoms with Gasteiger partial charge in [-0.3, -0.25) is 9.69 Å². The predicted molar refractivity (Wildman–Crippen MR) is 157 cm³/mol. The Labute approximate surface area is 251 Å². The van der Waals surface area contributed by atoms with Crippen molar-refractivity contribution in [1.29, 1.82) is 0 Å². The number of aromatic nitrogens is 1. The van der Waals surface area contributed by atoms with E-state index in [1.165, 1.54) is 6.07 Å². The second-order valence-electron chi connectivity index (χ2n) is 10.9. The summed E-state index contributed by atoms with van der Waals surface area (Å²) in [6, 6.07) is 30.3. The summed E-state index contributed by atoms with van der Waals surface area (Å²) in [5.41, 5.74) is 2.95. The van der Waals surface area contributed by atoms with Crippen molar-refractivity contribution in [3.8, 4) is 5.75 Å². The lowest BCUT2D eigenvalue weighted by molar-refractivity contribution is -0.140. The van der Waals surface area contributed by atoms with Crippen LogP contribution in [0.3, 0.4) is 0 Å². The maximum atomic E-state index is 14.1. The molecule has 0 aliphatic carbocycles. The van der Waals surface area contributed by atoms with Gasteiger partial charge in [-0.2, -0.15) is 13.2 Å². The minimum atomic E-state index is -4.80. The highest BCUT2D eigenvalue weighted by atomic mass is 19.4. The summed E-state index contributed by atoms with van der Waals surface area (Å²) < 4.78 is 62.6. The van der Waals surface area contributed by atoms with Crippen molar-refractivity contribution < 1.29 is 32.2 Å². The second-order valence-corrected chi connectivity index (χ2v) is 10.9. The minimum Gasteiger partial charge on any atom is -0.492 e. The molecule has 0 spiro atoms. The Morgan fingerprint density at radius 1 is 1.00 bits per heavy atom. The van der Waals surface area contributed by atoms with E-state index >= 15 is 0 Å². The number of ether oxygens (including phenoxy) is 1. The van der Waals surface area contributed by atoms with Crippen LogP contribution in [-0.2, 0) is 24.1 Å². The first kappa shape index (κ1) is 29.3. The summed E-state index contributed by atoms with van der Waals surface area (Å²) in [5.74, 6) is -1.75. The van der Waals surface area contributed by atoms with Crippen LogP contribution in [0.15, 0.2) is 91.1 Å². The molecule has 0 saturated carbocycles. The van der Waals surface area contributed by atoms with Gasteiger partial charge >= 0.3 is 12.1 Å². The van der Waals surface area contributed by atoms with Crippen molar-refractivity contribution in [2.75, 3.05) is 13.2 Å². The lowest BCUT2D eigenvalue weighted by Crippen LogP contribution is -2.38.